The Morgan fingerprint density at radius 3 is 2.04 bits per heavy atom. The summed E-state index contributed by atoms with van der Waals surface area (Å²) >= 11 is 6.12. The highest BCUT2D eigenvalue weighted by molar-refractivity contribution is 9.09. The molecule has 0 rings (SSSR count). The molecule has 11 heteroatoms. The van der Waals surface area contributed by atoms with Crippen LogP contribution in [0.5, 0.6) is 0 Å². The van der Waals surface area contributed by atoms with E-state index in [2.05, 4.69) is 53.1 Å². The average Bonchev–Trinajstić information content (AvgIpc) is 2.61. The van der Waals surface area contributed by atoms with E-state index in [0.29, 0.717) is 25.8 Å². The third kappa shape index (κ3) is 14.7. The van der Waals surface area contributed by atoms with Crippen molar-refractivity contribution in [2.24, 2.45) is 0 Å². The van der Waals surface area contributed by atoms with Gasteiger partial charge in [-0.2, -0.15) is 0 Å². The molecule has 0 aliphatic heterocycles. The van der Waals surface area contributed by atoms with Crippen LogP contribution in [0.4, 0.5) is 4.79 Å². The van der Waals surface area contributed by atoms with Gasteiger partial charge in [-0.1, -0.05) is 31.9 Å². The van der Waals surface area contributed by atoms with Crippen molar-refractivity contribution in [3.8, 4) is 0 Å². The second-order valence-corrected chi connectivity index (χ2v) is 8.07. The third-order valence-electron chi connectivity index (χ3n) is 3.23. The van der Waals surface area contributed by atoms with Gasteiger partial charge < -0.3 is 26.0 Å². The van der Waals surface area contributed by atoms with Gasteiger partial charge >= 0.3 is 6.09 Å². The Kier molecular flexibility index (Phi) is 13.9. The van der Waals surface area contributed by atoms with E-state index in [4.69, 9.17) is 4.74 Å². The smallest absolute Gasteiger partial charge is 0.407 e. The largest absolute Gasteiger partial charge is 0.444 e. The fourth-order valence-electron chi connectivity index (χ4n) is 2.04. The van der Waals surface area contributed by atoms with Crippen LogP contribution in [0, 0.1) is 0 Å². The molecule has 0 aromatic heterocycles. The molecule has 9 nitrogen and oxygen atoms in total. The van der Waals surface area contributed by atoms with Crippen LogP contribution in [-0.2, 0) is 19.1 Å². The minimum absolute atomic E-state index is 0.0955. The third-order valence-corrected chi connectivity index (χ3v) is 4.25. The first-order valence-electron chi connectivity index (χ1n) is 9.01. The molecule has 0 aliphatic rings. The number of alkyl halides is 2. The maximum absolute atomic E-state index is 12.3. The fourth-order valence-corrected chi connectivity index (χ4v) is 2.40. The van der Waals surface area contributed by atoms with E-state index < -0.39 is 17.7 Å². The molecule has 0 fully saturated rings. The summed E-state index contributed by atoms with van der Waals surface area (Å²) in [6.07, 6.45) is 1.22. The van der Waals surface area contributed by atoms with Crippen LogP contribution in [0.3, 0.4) is 0 Å². The molecule has 0 radical (unpaired) electrons. The highest BCUT2D eigenvalue weighted by atomic mass is 79.9. The lowest BCUT2D eigenvalue weighted by Crippen LogP contribution is -2.48. The number of alkyl carbamates (subject to hydrolysis) is 1. The zero-order chi connectivity index (χ0) is 21.6. The number of amides is 4. The normalized spacial score (nSPS) is 11.9. The predicted molar refractivity (Wildman–Crippen MR) is 114 cm³/mol. The molecule has 28 heavy (non-hydrogen) atoms. The van der Waals surface area contributed by atoms with E-state index in [9.17, 15) is 19.2 Å². The Hall–Kier alpha value is -1.36. The summed E-state index contributed by atoms with van der Waals surface area (Å²) < 4.78 is 5.10. The van der Waals surface area contributed by atoms with Crippen LogP contribution >= 0.6 is 31.9 Å². The molecule has 0 aromatic rings. The lowest BCUT2D eigenvalue weighted by molar-refractivity contribution is -0.128. The Morgan fingerprint density at radius 2 is 1.46 bits per heavy atom. The van der Waals surface area contributed by atoms with Gasteiger partial charge in [0, 0.05) is 19.6 Å². The van der Waals surface area contributed by atoms with E-state index in [1.807, 2.05) is 0 Å². The minimum atomic E-state index is -0.682. The van der Waals surface area contributed by atoms with Gasteiger partial charge in [-0.25, -0.2) is 4.79 Å². The predicted octanol–water partition coefficient (Wildman–Crippen LogP) is 1.19. The molecule has 0 heterocycles. The Labute approximate surface area is 182 Å². The van der Waals surface area contributed by atoms with Gasteiger partial charge in [0.05, 0.1) is 10.7 Å². The number of hydrogen-bond acceptors (Lipinski definition) is 5. The first-order chi connectivity index (χ1) is 13.1. The number of halogens is 2. The molecule has 0 aromatic carbocycles. The molecule has 162 valence electrons. The topological polar surface area (TPSA) is 126 Å². The van der Waals surface area contributed by atoms with Gasteiger partial charge in [0.2, 0.25) is 17.7 Å². The highest BCUT2D eigenvalue weighted by Gasteiger charge is 2.20. The quantitative estimate of drug-likeness (QED) is 0.223. The molecule has 1 unspecified atom stereocenters. The molecule has 0 saturated carbocycles. The molecule has 1 atom stereocenters. The highest BCUT2D eigenvalue weighted by Crippen LogP contribution is 2.06. The summed E-state index contributed by atoms with van der Waals surface area (Å²) in [5.41, 5.74) is -0.591. The summed E-state index contributed by atoms with van der Waals surface area (Å²) in [7, 11) is 0. The van der Waals surface area contributed by atoms with E-state index in [1.165, 1.54) is 0 Å². The molecule has 0 spiro atoms. The lowest BCUT2D eigenvalue weighted by Gasteiger charge is -2.20. The molecular weight excluding hydrogens is 500 g/mol. The summed E-state index contributed by atoms with van der Waals surface area (Å²) in [6, 6.07) is -0.682. The van der Waals surface area contributed by atoms with Gasteiger partial charge in [0.1, 0.15) is 11.6 Å². The molecular formula is C17H30Br2N4O5. The van der Waals surface area contributed by atoms with Crippen molar-refractivity contribution in [2.75, 3.05) is 30.3 Å². The summed E-state index contributed by atoms with van der Waals surface area (Å²) in [4.78, 5) is 46.6. The monoisotopic (exact) mass is 528 g/mol. The van der Waals surface area contributed by atoms with E-state index >= 15 is 0 Å². The molecule has 4 amide bonds. The number of hydrogen-bond donors (Lipinski definition) is 4. The first kappa shape index (κ1) is 26.6. The Bertz CT molecular complexity index is 526. The van der Waals surface area contributed by atoms with Gasteiger partial charge in [-0.3, -0.25) is 14.4 Å². The SMILES string of the molecule is CC(C)(C)OC(=O)NCCNC(=O)C(CCCCNC(=O)CBr)NC(=O)CBr. The number of nitrogens with one attached hydrogen (secondary N) is 4. The van der Waals surface area contributed by atoms with Crippen molar-refractivity contribution in [3.63, 3.8) is 0 Å². The second-order valence-electron chi connectivity index (χ2n) is 6.95. The maximum atomic E-state index is 12.3. The van der Waals surface area contributed by atoms with Crippen LogP contribution < -0.4 is 21.3 Å². The number of carbonyl (C=O) groups excluding carboxylic acids is 4. The van der Waals surface area contributed by atoms with E-state index in [-0.39, 0.29) is 41.5 Å². The summed E-state index contributed by atoms with van der Waals surface area (Å²) in [5.74, 6) is -0.719. The molecule has 0 saturated heterocycles. The van der Waals surface area contributed by atoms with Crippen LogP contribution in [-0.4, -0.2) is 65.8 Å². The van der Waals surface area contributed by atoms with Gasteiger partial charge in [-0.15, -0.1) is 0 Å². The Morgan fingerprint density at radius 1 is 0.857 bits per heavy atom. The van der Waals surface area contributed by atoms with Crippen LogP contribution in [0.25, 0.3) is 0 Å². The van der Waals surface area contributed by atoms with Crippen LogP contribution in [0.2, 0.25) is 0 Å². The standard InChI is InChI=1S/C17H30Br2N4O5/c1-17(2,3)28-16(27)22-9-8-21-15(26)12(23-14(25)11-19)6-4-5-7-20-13(24)10-18/h12H,4-11H2,1-3H3,(H,20,24)(H,21,26)(H,22,27)(H,23,25). The number of carbonyl (C=O) groups is 4. The van der Waals surface area contributed by atoms with Crippen LogP contribution in [0.15, 0.2) is 0 Å². The molecule has 0 aliphatic carbocycles. The first-order valence-corrected chi connectivity index (χ1v) is 11.3. The molecule has 4 N–H and O–H groups in total. The van der Waals surface area contributed by atoms with Crippen molar-refractivity contribution < 1.29 is 23.9 Å². The lowest BCUT2D eigenvalue weighted by atomic mass is 10.1. The van der Waals surface area contributed by atoms with Crippen molar-refractivity contribution in [2.45, 2.75) is 51.7 Å². The summed E-state index contributed by atoms with van der Waals surface area (Å²) in [5, 5.41) is 10.9. The van der Waals surface area contributed by atoms with Gasteiger partial charge in [0.15, 0.2) is 0 Å². The van der Waals surface area contributed by atoms with E-state index in [1.54, 1.807) is 20.8 Å². The maximum Gasteiger partial charge on any atom is 0.407 e. The van der Waals surface area contributed by atoms with Gasteiger partial charge in [-0.05, 0) is 40.0 Å². The fraction of sp³-hybridized carbons (Fsp3) is 0.765. The zero-order valence-electron chi connectivity index (χ0n) is 16.5. The van der Waals surface area contributed by atoms with Gasteiger partial charge in [0.25, 0.3) is 0 Å². The number of unbranched alkanes of at least 4 members (excludes halogenated alkanes) is 1. The summed E-state index contributed by atoms with van der Waals surface area (Å²) in [6.45, 7) is 6.20. The molecule has 0 bridgehead atoms. The second kappa shape index (κ2) is 14.6. The van der Waals surface area contributed by atoms with Crippen molar-refractivity contribution in [3.05, 3.63) is 0 Å². The minimum Gasteiger partial charge on any atom is -0.444 e. The van der Waals surface area contributed by atoms with E-state index in [0.717, 1.165) is 0 Å². The Balaban J connectivity index is 4.28. The van der Waals surface area contributed by atoms with Crippen molar-refractivity contribution >= 4 is 55.7 Å². The number of rotatable bonds is 12. The van der Waals surface area contributed by atoms with Crippen LogP contribution in [0.1, 0.15) is 40.0 Å². The number of ether oxygens (including phenoxy) is 1. The van der Waals surface area contributed by atoms with Crippen molar-refractivity contribution in [1.29, 1.82) is 0 Å². The van der Waals surface area contributed by atoms with Crippen molar-refractivity contribution in [1.82, 2.24) is 21.3 Å². The average molecular weight is 530 g/mol. The zero-order valence-corrected chi connectivity index (χ0v) is 19.7.